The summed E-state index contributed by atoms with van der Waals surface area (Å²) in [5, 5.41) is 0. The number of methoxy groups -OCH3 is 2. The lowest BCUT2D eigenvalue weighted by Gasteiger charge is -2.11. The fraction of sp³-hybridized carbons (Fsp3) is 0.286. The number of thiocarbonyl (C=S) groups is 1. The van der Waals surface area contributed by atoms with Crippen LogP contribution in [0.25, 0.3) is 6.08 Å². The van der Waals surface area contributed by atoms with Gasteiger partial charge in [-0.05, 0) is 19.1 Å². The zero-order valence-electron chi connectivity index (χ0n) is 11.5. The van der Waals surface area contributed by atoms with Gasteiger partial charge < -0.3 is 9.47 Å². The number of hydrogen-bond acceptors (Lipinski definition) is 5. The molecule has 0 unspecified atom stereocenters. The quantitative estimate of drug-likeness (QED) is 0.631. The van der Waals surface area contributed by atoms with E-state index in [0.29, 0.717) is 27.3 Å². The largest absolute Gasteiger partial charge is 0.493 e. The fourth-order valence-electron chi connectivity index (χ4n) is 1.94. The van der Waals surface area contributed by atoms with Crippen LogP contribution in [0.15, 0.2) is 23.1 Å². The lowest BCUT2D eigenvalue weighted by Crippen LogP contribution is -2.27. The van der Waals surface area contributed by atoms with Gasteiger partial charge in [0, 0.05) is 12.1 Å². The van der Waals surface area contributed by atoms with Crippen LogP contribution in [0.1, 0.15) is 12.5 Å². The molecule has 0 aliphatic carbocycles. The summed E-state index contributed by atoms with van der Waals surface area (Å²) in [7, 11) is 3.16. The topological polar surface area (TPSA) is 38.8 Å². The molecule has 0 bridgehead atoms. The molecule has 1 aromatic carbocycles. The van der Waals surface area contributed by atoms with Gasteiger partial charge in [0.2, 0.25) is 0 Å². The number of thioether (sulfide) groups is 1. The minimum atomic E-state index is -0.0626. The third-order valence-corrected chi connectivity index (χ3v) is 4.29. The second kappa shape index (κ2) is 6.28. The lowest BCUT2D eigenvalue weighted by molar-refractivity contribution is -0.121. The zero-order chi connectivity index (χ0) is 14.7. The van der Waals surface area contributed by atoms with E-state index in [2.05, 4.69) is 0 Å². The molecule has 1 fully saturated rings. The number of para-hydroxylation sites is 1. The van der Waals surface area contributed by atoms with Crippen LogP contribution >= 0.6 is 24.0 Å². The minimum Gasteiger partial charge on any atom is -0.493 e. The average Bonchev–Trinajstić information content (AvgIpc) is 2.72. The van der Waals surface area contributed by atoms with Crippen LogP contribution in [0.4, 0.5) is 0 Å². The number of hydrogen-bond donors (Lipinski definition) is 0. The van der Waals surface area contributed by atoms with E-state index < -0.39 is 0 Å². The second-order valence-corrected chi connectivity index (χ2v) is 5.68. The molecule has 1 aliphatic heterocycles. The molecular weight excluding hydrogens is 294 g/mol. The number of carbonyl (C=O) groups excluding carboxylic acids is 1. The number of nitrogens with zero attached hydrogens (tertiary/aromatic N) is 1. The Labute approximate surface area is 127 Å². The molecule has 1 heterocycles. The number of benzene rings is 1. The highest BCUT2D eigenvalue weighted by Gasteiger charge is 2.30. The Morgan fingerprint density at radius 2 is 2.10 bits per heavy atom. The van der Waals surface area contributed by atoms with Gasteiger partial charge in [0.05, 0.1) is 19.1 Å². The molecule has 0 spiro atoms. The number of ether oxygens (including phenoxy) is 2. The molecule has 2 rings (SSSR count). The molecule has 0 aromatic heterocycles. The van der Waals surface area contributed by atoms with E-state index in [9.17, 15) is 4.79 Å². The van der Waals surface area contributed by atoms with Crippen molar-refractivity contribution in [3.63, 3.8) is 0 Å². The lowest BCUT2D eigenvalue weighted by atomic mass is 10.1. The van der Waals surface area contributed by atoms with Crippen molar-refractivity contribution in [3.05, 3.63) is 28.7 Å². The Morgan fingerprint density at radius 3 is 2.65 bits per heavy atom. The summed E-state index contributed by atoms with van der Waals surface area (Å²) in [5.41, 5.74) is 0.795. The molecule has 0 radical (unpaired) electrons. The number of amides is 1. The first kappa shape index (κ1) is 14.9. The van der Waals surface area contributed by atoms with E-state index in [-0.39, 0.29) is 5.91 Å². The summed E-state index contributed by atoms with van der Waals surface area (Å²) in [6, 6.07) is 5.54. The van der Waals surface area contributed by atoms with E-state index in [1.165, 1.54) is 11.8 Å². The maximum Gasteiger partial charge on any atom is 0.266 e. The first-order chi connectivity index (χ1) is 9.62. The van der Waals surface area contributed by atoms with Gasteiger partial charge >= 0.3 is 0 Å². The van der Waals surface area contributed by atoms with Crippen LogP contribution in [0.5, 0.6) is 11.5 Å². The van der Waals surface area contributed by atoms with Gasteiger partial charge in [-0.2, -0.15) is 0 Å². The average molecular weight is 309 g/mol. The Hall–Kier alpha value is -1.53. The van der Waals surface area contributed by atoms with Gasteiger partial charge in [0.15, 0.2) is 11.5 Å². The van der Waals surface area contributed by atoms with Crippen molar-refractivity contribution in [1.82, 2.24) is 4.90 Å². The molecule has 106 valence electrons. The van der Waals surface area contributed by atoms with E-state index in [1.54, 1.807) is 25.2 Å². The minimum absolute atomic E-state index is 0.0626. The van der Waals surface area contributed by atoms with Gasteiger partial charge in [-0.3, -0.25) is 9.69 Å². The van der Waals surface area contributed by atoms with Crippen LogP contribution in [-0.2, 0) is 4.79 Å². The first-order valence-corrected chi connectivity index (χ1v) is 7.31. The summed E-state index contributed by atoms with van der Waals surface area (Å²) in [6.07, 6.45) is 1.79. The van der Waals surface area contributed by atoms with Gasteiger partial charge in [0.25, 0.3) is 5.91 Å². The van der Waals surface area contributed by atoms with Crippen molar-refractivity contribution < 1.29 is 14.3 Å². The van der Waals surface area contributed by atoms with Crippen molar-refractivity contribution in [2.75, 3.05) is 20.8 Å². The monoisotopic (exact) mass is 309 g/mol. The Morgan fingerprint density at radius 1 is 1.35 bits per heavy atom. The first-order valence-electron chi connectivity index (χ1n) is 6.08. The summed E-state index contributed by atoms with van der Waals surface area (Å²) in [4.78, 5) is 14.4. The normalized spacial score (nSPS) is 16.9. The standard InChI is InChI=1S/C14H15NO3S2/c1-4-15-13(16)11(20-14(15)19)8-9-6-5-7-10(17-2)12(9)18-3/h5-8H,4H2,1-3H3/b11-8+. The highest BCUT2D eigenvalue weighted by atomic mass is 32.2. The third kappa shape index (κ3) is 2.66. The van der Waals surface area contributed by atoms with Crippen molar-refractivity contribution in [2.24, 2.45) is 0 Å². The zero-order valence-corrected chi connectivity index (χ0v) is 13.1. The van der Waals surface area contributed by atoms with Gasteiger partial charge in [-0.15, -0.1) is 0 Å². The molecule has 0 N–H and O–H groups in total. The summed E-state index contributed by atoms with van der Waals surface area (Å²) >= 11 is 6.50. The highest BCUT2D eigenvalue weighted by molar-refractivity contribution is 8.26. The predicted molar refractivity (Wildman–Crippen MR) is 85.1 cm³/mol. The molecule has 1 aliphatic rings. The van der Waals surface area contributed by atoms with Crippen LogP contribution in [0.2, 0.25) is 0 Å². The molecule has 6 heteroatoms. The van der Waals surface area contributed by atoms with Crippen molar-refractivity contribution in [3.8, 4) is 11.5 Å². The molecule has 1 amide bonds. The number of carbonyl (C=O) groups is 1. The van der Waals surface area contributed by atoms with Crippen molar-refractivity contribution in [2.45, 2.75) is 6.92 Å². The molecule has 20 heavy (non-hydrogen) atoms. The molecular formula is C14H15NO3S2. The number of likely N-dealkylation sites (N-methyl/N-ethyl adjacent to an activating group) is 1. The fourth-order valence-corrected chi connectivity index (χ4v) is 3.31. The summed E-state index contributed by atoms with van der Waals surface area (Å²) < 4.78 is 11.2. The van der Waals surface area contributed by atoms with Crippen molar-refractivity contribution in [1.29, 1.82) is 0 Å². The van der Waals surface area contributed by atoms with E-state index in [1.807, 2.05) is 25.1 Å². The molecule has 1 saturated heterocycles. The van der Waals surface area contributed by atoms with Crippen molar-refractivity contribution >= 4 is 40.3 Å². The van der Waals surface area contributed by atoms with E-state index in [0.717, 1.165) is 5.56 Å². The van der Waals surface area contributed by atoms with Gasteiger partial charge in [-0.1, -0.05) is 36.1 Å². The van der Waals surface area contributed by atoms with Gasteiger partial charge in [-0.25, -0.2) is 0 Å². The number of rotatable bonds is 4. The third-order valence-electron chi connectivity index (χ3n) is 2.91. The van der Waals surface area contributed by atoms with Crippen LogP contribution in [-0.4, -0.2) is 35.9 Å². The Kier molecular flexibility index (Phi) is 4.67. The predicted octanol–water partition coefficient (Wildman–Crippen LogP) is 2.92. The van der Waals surface area contributed by atoms with E-state index >= 15 is 0 Å². The van der Waals surface area contributed by atoms with Crippen LogP contribution in [0, 0.1) is 0 Å². The van der Waals surface area contributed by atoms with E-state index in [4.69, 9.17) is 21.7 Å². The molecule has 1 aromatic rings. The maximum atomic E-state index is 12.2. The van der Waals surface area contributed by atoms with Crippen LogP contribution in [0.3, 0.4) is 0 Å². The summed E-state index contributed by atoms with van der Waals surface area (Å²) in [5.74, 6) is 1.18. The Balaban J connectivity index is 2.42. The Bertz CT molecular complexity index is 584. The molecule has 0 atom stereocenters. The molecule has 4 nitrogen and oxygen atoms in total. The highest BCUT2D eigenvalue weighted by Crippen LogP contribution is 2.37. The smallest absolute Gasteiger partial charge is 0.266 e. The maximum absolute atomic E-state index is 12.2. The summed E-state index contributed by atoms with van der Waals surface area (Å²) in [6.45, 7) is 2.48. The van der Waals surface area contributed by atoms with Crippen LogP contribution < -0.4 is 9.47 Å². The molecule has 0 saturated carbocycles. The SMILES string of the molecule is CCN1C(=O)/C(=C\c2cccc(OC)c2OC)SC1=S. The van der Waals surface area contributed by atoms with Gasteiger partial charge in [0.1, 0.15) is 4.32 Å². The second-order valence-electron chi connectivity index (χ2n) is 4.01.